The Morgan fingerprint density at radius 3 is 3.00 bits per heavy atom. The third-order valence-electron chi connectivity index (χ3n) is 2.30. The van der Waals surface area contributed by atoms with E-state index in [1.807, 2.05) is 18.7 Å². The summed E-state index contributed by atoms with van der Waals surface area (Å²) in [5.74, 6) is 1.11. The highest BCUT2D eigenvalue weighted by atomic mass is 32.2. The lowest BCUT2D eigenvalue weighted by molar-refractivity contribution is 0.0383. The molecule has 0 spiro atoms. The summed E-state index contributed by atoms with van der Waals surface area (Å²) >= 11 is 1.88. The maximum Gasteiger partial charge on any atom is 0.0738 e. The molecule has 0 bridgehead atoms. The second-order valence-corrected chi connectivity index (χ2v) is 4.84. The van der Waals surface area contributed by atoms with Gasteiger partial charge in [-0.05, 0) is 38.4 Å². The maximum atomic E-state index is 9.92. The summed E-state index contributed by atoms with van der Waals surface area (Å²) in [5.41, 5.74) is -0.421. The van der Waals surface area contributed by atoms with Crippen LogP contribution in [-0.2, 0) is 0 Å². The Morgan fingerprint density at radius 1 is 1.73 bits per heavy atom. The molecule has 2 atom stereocenters. The molecule has 0 amide bonds. The minimum atomic E-state index is -0.421. The highest BCUT2D eigenvalue weighted by molar-refractivity contribution is 7.99. The number of hydrogen-bond donors (Lipinski definition) is 1. The first-order valence-corrected chi connectivity index (χ1v) is 5.37. The summed E-state index contributed by atoms with van der Waals surface area (Å²) in [5, 5.41) is 10.4. The van der Waals surface area contributed by atoms with Crippen LogP contribution in [-0.4, -0.2) is 21.7 Å². The normalized spacial score (nSPS) is 39.0. The van der Waals surface area contributed by atoms with Crippen molar-refractivity contribution in [3.8, 4) is 0 Å². The Balaban J connectivity index is 2.45. The molecule has 1 fully saturated rings. The first-order valence-electron chi connectivity index (χ1n) is 4.32. The first kappa shape index (κ1) is 9.40. The summed E-state index contributed by atoms with van der Waals surface area (Å²) < 4.78 is 0. The predicted molar refractivity (Wildman–Crippen MR) is 50.7 cm³/mol. The van der Waals surface area contributed by atoms with Crippen LogP contribution in [0.15, 0.2) is 0 Å². The average molecular weight is 173 g/mol. The zero-order valence-corrected chi connectivity index (χ0v) is 8.16. The fourth-order valence-electron chi connectivity index (χ4n) is 1.53. The second-order valence-electron chi connectivity index (χ2n) is 3.36. The molecular weight excluding hydrogens is 156 g/mol. The third-order valence-corrected chi connectivity index (χ3v) is 3.73. The van der Waals surface area contributed by atoms with Gasteiger partial charge >= 0.3 is 0 Å². The Bertz CT molecular complexity index is 121. The van der Waals surface area contributed by atoms with Gasteiger partial charge in [0.25, 0.3) is 0 Å². The van der Waals surface area contributed by atoms with E-state index in [1.54, 1.807) is 0 Å². The number of aliphatic hydroxyl groups is 1. The van der Waals surface area contributed by atoms with Gasteiger partial charge in [-0.15, -0.1) is 0 Å². The quantitative estimate of drug-likeness (QED) is 0.691. The Hall–Kier alpha value is 0.310. The topological polar surface area (TPSA) is 20.2 Å². The van der Waals surface area contributed by atoms with Crippen LogP contribution in [0.5, 0.6) is 0 Å². The molecule has 1 aliphatic rings. The zero-order valence-electron chi connectivity index (χ0n) is 7.34. The number of rotatable bonds is 2. The molecule has 1 saturated carbocycles. The van der Waals surface area contributed by atoms with E-state index in [0.29, 0.717) is 5.25 Å². The van der Waals surface area contributed by atoms with E-state index in [-0.39, 0.29) is 0 Å². The van der Waals surface area contributed by atoms with Crippen LogP contribution >= 0.6 is 11.8 Å². The third kappa shape index (κ3) is 2.38. The number of hydrogen-bond acceptors (Lipinski definition) is 2. The summed E-state index contributed by atoms with van der Waals surface area (Å²) in [7, 11) is 0. The van der Waals surface area contributed by atoms with Gasteiger partial charge in [0.1, 0.15) is 0 Å². The highest BCUT2D eigenvalue weighted by Crippen LogP contribution is 2.35. The van der Waals surface area contributed by atoms with E-state index < -0.39 is 5.60 Å². The Labute approximate surface area is 73.6 Å². The molecule has 1 nitrogen and oxygen atoms in total. The van der Waals surface area contributed by atoms with Gasteiger partial charge in [0, 0.05) is 5.25 Å². The molecule has 1 aliphatic carbocycles. The van der Waals surface area contributed by atoms with Crippen molar-refractivity contribution in [3.63, 3.8) is 0 Å². The van der Waals surface area contributed by atoms with Crippen molar-refractivity contribution in [2.24, 2.45) is 0 Å². The molecule has 0 saturated heterocycles. The van der Waals surface area contributed by atoms with Crippen molar-refractivity contribution in [1.29, 1.82) is 0 Å². The molecule has 65 valence electrons. The van der Waals surface area contributed by atoms with Gasteiger partial charge in [-0.2, -0.15) is 11.8 Å². The zero-order chi connectivity index (χ0) is 8.32. The second kappa shape index (κ2) is 3.81. The molecule has 0 heterocycles. The summed E-state index contributed by atoms with van der Waals surface area (Å²) in [6, 6.07) is 0. The van der Waals surface area contributed by atoms with Crippen molar-refractivity contribution >= 4 is 11.8 Å². The standard InChI is InChI=1S/C9H17OS/c1-3-11-8-6-4-5-7-9(8,2)10/h4,8,10H,3,5-7H2,1-2H3. The first-order chi connectivity index (χ1) is 5.17. The fraction of sp³-hybridized carbons (Fsp3) is 0.889. The molecule has 2 heteroatoms. The van der Waals surface area contributed by atoms with Crippen LogP contribution in [0.2, 0.25) is 0 Å². The van der Waals surface area contributed by atoms with Gasteiger partial charge in [0.2, 0.25) is 0 Å². The summed E-state index contributed by atoms with van der Waals surface area (Å²) in [6.07, 6.45) is 5.38. The highest BCUT2D eigenvalue weighted by Gasteiger charge is 2.33. The van der Waals surface area contributed by atoms with Crippen LogP contribution in [0.1, 0.15) is 33.1 Å². The van der Waals surface area contributed by atoms with Crippen LogP contribution < -0.4 is 0 Å². The van der Waals surface area contributed by atoms with E-state index in [9.17, 15) is 5.11 Å². The SMILES string of the molecule is CCSC1C[CH]CCC1(C)O. The monoisotopic (exact) mass is 173 g/mol. The molecule has 1 rings (SSSR count). The summed E-state index contributed by atoms with van der Waals surface area (Å²) in [6.45, 7) is 4.11. The lowest BCUT2D eigenvalue weighted by Crippen LogP contribution is -2.40. The molecule has 0 aromatic heterocycles. The van der Waals surface area contributed by atoms with Crippen molar-refractivity contribution in [3.05, 3.63) is 6.42 Å². The van der Waals surface area contributed by atoms with Crippen molar-refractivity contribution < 1.29 is 5.11 Å². The van der Waals surface area contributed by atoms with Gasteiger partial charge in [-0.3, -0.25) is 0 Å². The minimum absolute atomic E-state index is 0.421. The van der Waals surface area contributed by atoms with E-state index in [0.717, 1.165) is 25.0 Å². The van der Waals surface area contributed by atoms with Crippen molar-refractivity contribution in [2.75, 3.05) is 5.75 Å². The van der Waals surface area contributed by atoms with Crippen LogP contribution in [0.3, 0.4) is 0 Å². The predicted octanol–water partition coefficient (Wildman–Crippen LogP) is 2.25. The van der Waals surface area contributed by atoms with E-state index >= 15 is 0 Å². The Morgan fingerprint density at radius 2 is 2.45 bits per heavy atom. The van der Waals surface area contributed by atoms with E-state index in [4.69, 9.17) is 0 Å². The molecule has 0 aromatic rings. The average Bonchev–Trinajstić information content (AvgIpc) is 1.94. The maximum absolute atomic E-state index is 9.92. The molecule has 1 N–H and O–H groups in total. The lowest BCUT2D eigenvalue weighted by atomic mass is 9.86. The van der Waals surface area contributed by atoms with Crippen molar-refractivity contribution in [1.82, 2.24) is 0 Å². The van der Waals surface area contributed by atoms with E-state index in [2.05, 4.69) is 13.3 Å². The van der Waals surface area contributed by atoms with Crippen LogP contribution in [0.4, 0.5) is 0 Å². The Kier molecular flexibility index (Phi) is 3.26. The molecule has 1 radical (unpaired) electrons. The van der Waals surface area contributed by atoms with Gasteiger partial charge in [0.15, 0.2) is 0 Å². The minimum Gasteiger partial charge on any atom is -0.389 e. The van der Waals surface area contributed by atoms with Gasteiger partial charge in [-0.1, -0.05) is 6.92 Å². The molecule has 0 aliphatic heterocycles. The van der Waals surface area contributed by atoms with Gasteiger partial charge < -0.3 is 5.11 Å². The lowest BCUT2D eigenvalue weighted by Gasteiger charge is -2.36. The largest absolute Gasteiger partial charge is 0.389 e. The molecule has 11 heavy (non-hydrogen) atoms. The van der Waals surface area contributed by atoms with Gasteiger partial charge in [-0.25, -0.2) is 0 Å². The van der Waals surface area contributed by atoms with Crippen LogP contribution in [0.25, 0.3) is 0 Å². The molecule has 2 unspecified atom stereocenters. The summed E-state index contributed by atoms with van der Waals surface area (Å²) in [4.78, 5) is 0. The molecule has 0 aromatic carbocycles. The van der Waals surface area contributed by atoms with Crippen molar-refractivity contribution in [2.45, 2.75) is 44.0 Å². The van der Waals surface area contributed by atoms with E-state index in [1.165, 1.54) is 0 Å². The number of thioether (sulfide) groups is 1. The fourth-order valence-corrected chi connectivity index (χ4v) is 2.68. The van der Waals surface area contributed by atoms with Gasteiger partial charge in [0.05, 0.1) is 5.60 Å². The molecular formula is C9H17OS. The van der Waals surface area contributed by atoms with Crippen LogP contribution in [0, 0.1) is 6.42 Å². The smallest absolute Gasteiger partial charge is 0.0738 e.